The monoisotopic (exact) mass is 488 g/mol. The Morgan fingerprint density at radius 2 is 1.65 bits per heavy atom. The van der Waals surface area contributed by atoms with E-state index in [1.54, 1.807) is 30.3 Å². The lowest BCUT2D eigenvalue weighted by Crippen LogP contribution is -2.30. The number of aliphatic imine (C=N–C) groups is 1. The van der Waals surface area contributed by atoms with Gasteiger partial charge in [-0.2, -0.15) is 5.26 Å². The first-order valence-electron chi connectivity index (χ1n) is 10.3. The van der Waals surface area contributed by atoms with E-state index in [0.29, 0.717) is 16.1 Å². The van der Waals surface area contributed by atoms with E-state index < -0.39 is 11.8 Å². The first-order valence-corrected chi connectivity index (χ1v) is 11.1. The summed E-state index contributed by atoms with van der Waals surface area (Å²) in [5, 5.41) is 16.0. The molecule has 0 saturated carbocycles. The first-order chi connectivity index (χ1) is 16.4. The van der Waals surface area contributed by atoms with Crippen LogP contribution < -0.4 is 10.6 Å². The standard InChI is InChI=1S/C26H18Cl2N4O2/c1-15(16-7-3-2-4-8-16)30-26(34)21(14-29)23-18-9-5-6-10-19(18)24(31-23)32-25(33)20-12-11-17(27)13-22(20)28/h2-13,15H,1H3,(H,30,34)(H,31,32,33). The zero-order valence-corrected chi connectivity index (χ0v) is 19.5. The Hall–Kier alpha value is -3.92. The predicted octanol–water partition coefficient (Wildman–Crippen LogP) is 5.30. The minimum atomic E-state index is -0.555. The molecule has 1 atom stereocenters. The minimum Gasteiger partial charge on any atom is -0.345 e. The molecular formula is C26H18Cl2N4O2. The fourth-order valence-corrected chi connectivity index (χ4v) is 4.06. The van der Waals surface area contributed by atoms with Gasteiger partial charge in [-0.25, -0.2) is 4.99 Å². The van der Waals surface area contributed by atoms with Crippen molar-refractivity contribution in [3.05, 3.63) is 111 Å². The van der Waals surface area contributed by atoms with E-state index in [0.717, 1.165) is 5.56 Å². The van der Waals surface area contributed by atoms with Crippen LogP contribution in [0.2, 0.25) is 10.0 Å². The maximum Gasteiger partial charge on any atom is 0.264 e. The Morgan fingerprint density at radius 1 is 0.971 bits per heavy atom. The molecule has 8 heteroatoms. The number of amides is 2. The highest BCUT2D eigenvalue weighted by atomic mass is 35.5. The number of carbonyl (C=O) groups excluding carboxylic acids is 2. The minimum absolute atomic E-state index is 0.149. The third-order valence-electron chi connectivity index (χ3n) is 5.29. The van der Waals surface area contributed by atoms with Gasteiger partial charge in [0.2, 0.25) is 0 Å². The highest BCUT2D eigenvalue weighted by molar-refractivity contribution is 6.37. The second-order valence-corrected chi connectivity index (χ2v) is 8.37. The van der Waals surface area contributed by atoms with Crippen LogP contribution >= 0.6 is 23.2 Å². The molecule has 2 N–H and O–H groups in total. The van der Waals surface area contributed by atoms with Gasteiger partial charge >= 0.3 is 0 Å². The number of hydrogen-bond acceptors (Lipinski definition) is 4. The number of rotatable bonds is 4. The number of halogens is 2. The van der Waals surface area contributed by atoms with Gasteiger partial charge in [-0.05, 0) is 30.7 Å². The summed E-state index contributed by atoms with van der Waals surface area (Å²) < 4.78 is 0. The summed E-state index contributed by atoms with van der Waals surface area (Å²) in [7, 11) is 0. The molecule has 4 rings (SSSR count). The number of fused-ring (bicyclic) bond motifs is 1. The maximum absolute atomic E-state index is 13.0. The summed E-state index contributed by atoms with van der Waals surface area (Å²) in [6.45, 7) is 1.83. The van der Waals surface area contributed by atoms with Crippen molar-refractivity contribution in [2.45, 2.75) is 13.0 Å². The molecule has 0 saturated heterocycles. The van der Waals surface area contributed by atoms with Crippen molar-refractivity contribution >= 4 is 46.5 Å². The summed E-state index contributed by atoms with van der Waals surface area (Å²) in [6.07, 6.45) is 0. The van der Waals surface area contributed by atoms with Crippen molar-refractivity contribution in [1.82, 2.24) is 10.6 Å². The van der Waals surface area contributed by atoms with E-state index >= 15 is 0 Å². The van der Waals surface area contributed by atoms with E-state index in [1.807, 2.05) is 43.3 Å². The van der Waals surface area contributed by atoms with Crippen molar-refractivity contribution in [2.24, 2.45) is 4.99 Å². The fourth-order valence-electron chi connectivity index (χ4n) is 3.57. The molecule has 0 fully saturated rings. The van der Waals surface area contributed by atoms with E-state index in [2.05, 4.69) is 15.6 Å². The number of nitriles is 1. The van der Waals surface area contributed by atoms with Crippen LogP contribution in [0.3, 0.4) is 0 Å². The number of benzene rings is 3. The Bertz CT molecular complexity index is 1390. The van der Waals surface area contributed by atoms with Crippen molar-refractivity contribution in [2.75, 3.05) is 0 Å². The third-order valence-corrected chi connectivity index (χ3v) is 5.84. The van der Waals surface area contributed by atoms with Gasteiger partial charge in [0.05, 0.1) is 22.3 Å². The lowest BCUT2D eigenvalue weighted by Gasteiger charge is -2.14. The van der Waals surface area contributed by atoms with Crippen LogP contribution in [-0.4, -0.2) is 17.6 Å². The van der Waals surface area contributed by atoms with Gasteiger partial charge in [-0.3, -0.25) is 9.59 Å². The second-order valence-electron chi connectivity index (χ2n) is 7.53. The molecule has 0 spiro atoms. The lowest BCUT2D eigenvalue weighted by atomic mass is 10.0. The molecule has 34 heavy (non-hydrogen) atoms. The van der Waals surface area contributed by atoms with Crippen LogP contribution in [0.5, 0.6) is 0 Å². The van der Waals surface area contributed by atoms with Crippen molar-refractivity contribution in [1.29, 1.82) is 5.26 Å². The van der Waals surface area contributed by atoms with Crippen LogP contribution in [0, 0.1) is 11.3 Å². The molecule has 0 aromatic heterocycles. The van der Waals surface area contributed by atoms with Gasteiger partial charge in [0.25, 0.3) is 11.8 Å². The van der Waals surface area contributed by atoms with E-state index in [-0.39, 0.29) is 33.7 Å². The van der Waals surface area contributed by atoms with Crippen LogP contribution in [0.4, 0.5) is 0 Å². The summed E-state index contributed by atoms with van der Waals surface area (Å²) in [5.41, 5.74) is 2.32. The molecule has 1 unspecified atom stereocenters. The summed E-state index contributed by atoms with van der Waals surface area (Å²) in [5.74, 6) is -0.823. The first kappa shape index (κ1) is 23.2. The fraction of sp³-hybridized carbons (Fsp3) is 0.0769. The number of amidine groups is 1. The smallest absolute Gasteiger partial charge is 0.264 e. The second kappa shape index (κ2) is 9.92. The normalized spacial score (nSPS) is 14.4. The molecule has 3 aromatic rings. The number of carbonyl (C=O) groups is 2. The quantitative estimate of drug-likeness (QED) is 0.385. The molecule has 1 aliphatic rings. The number of hydrogen-bond donors (Lipinski definition) is 2. The van der Waals surface area contributed by atoms with Gasteiger partial charge in [0.15, 0.2) is 0 Å². The van der Waals surface area contributed by atoms with Gasteiger partial charge < -0.3 is 10.6 Å². The van der Waals surface area contributed by atoms with E-state index in [4.69, 9.17) is 23.2 Å². The SMILES string of the molecule is CC(NC(=O)C(C#N)=C1N=C(NC(=O)c2ccc(Cl)cc2Cl)c2ccccc21)c1ccccc1. The number of nitrogens with one attached hydrogen (secondary N) is 2. The zero-order chi connectivity index (χ0) is 24.2. The van der Waals surface area contributed by atoms with E-state index in [1.165, 1.54) is 12.1 Å². The highest BCUT2D eigenvalue weighted by Crippen LogP contribution is 2.31. The molecule has 168 valence electrons. The molecule has 6 nitrogen and oxygen atoms in total. The summed E-state index contributed by atoms with van der Waals surface area (Å²) >= 11 is 12.1. The summed E-state index contributed by atoms with van der Waals surface area (Å²) in [6, 6.07) is 22.7. The Kier molecular flexibility index (Phi) is 6.78. The molecule has 3 aromatic carbocycles. The van der Waals surface area contributed by atoms with Gasteiger partial charge in [-0.1, -0.05) is 77.8 Å². The zero-order valence-electron chi connectivity index (χ0n) is 18.0. The largest absolute Gasteiger partial charge is 0.345 e. The average molecular weight is 489 g/mol. The van der Waals surface area contributed by atoms with Crippen molar-refractivity contribution < 1.29 is 9.59 Å². The number of nitrogens with zero attached hydrogens (tertiary/aromatic N) is 2. The maximum atomic E-state index is 13.0. The molecule has 0 radical (unpaired) electrons. The van der Waals surface area contributed by atoms with Gasteiger partial charge in [0.1, 0.15) is 17.5 Å². The Balaban J connectivity index is 1.67. The molecule has 0 bridgehead atoms. The van der Waals surface area contributed by atoms with Crippen molar-refractivity contribution in [3.8, 4) is 6.07 Å². The topological polar surface area (TPSA) is 94.3 Å². The van der Waals surface area contributed by atoms with Gasteiger partial charge in [0, 0.05) is 16.1 Å². The van der Waals surface area contributed by atoms with Crippen LogP contribution in [0.25, 0.3) is 5.70 Å². The molecule has 2 amide bonds. The van der Waals surface area contributed by atoms with Crippen molar-refractivity contribution in [3.63, 3.8) is 0 Å². The Morgan fingerprint density at radius 3 is 2.32 bits per heavy atom. The molecular weight excluding hydrogens is 471 g/mol. The third kappa shape index (κ3) is 4.72. The lowest BCUT2D eigenvalue weighted by molar-refractivity contribution is -0.117. The van der Waals surface area contributed by atoms with E-state index in [9.17, 15) is 14.9 Å². The van der Waals surface area contributed by atoms with Gasteiger partial charge in [-0.15, -0.1) is 0 Å². The van der Waals surface area contributed by atoms with Crippen LogP contribution in [-0.2, 0) is 4.79 Å². The summed E-state index contributed by atoms with van der Waals surface area (Å²) in [4.78, 5) is 30.3. The Labute approximate surface area is 206 Å². The predicted molar refractivity (Wildman–Crippen MR) is 132 cm³/mol. The van der Waals surface area contributed by atoms with Crippen LogP contribution in [0.15, 0.2) is 83.4 Å². The molecule has 1 aliphatic heterocycles. The van der Waals surface area contributed by atoms with Crippen LogP contribution in [0.1, 0.15) is 40.0 Å². The average Bonchev–Trinajstić information content (AvgIpc) is 3.18. The molecule has 1 heterocycles. The molecule has 0 aliphatic carbocycles. The highest BCUT2D eigenvalue weighted by Gasteiger charge is 2.28.